The van der Waals surface area contributed by atoms with E-state index >= 15 is 0 Å². The summed E-state index contributed by atoms with van der Waals surface area (Å²) in [6.45, 7) is 0.435. The van der Waals surface area contributed by atoms with Crippen LogP contribution in [-0.4, -0.2) is 19.2 Å². The van der Waals surface area contributed by atoms with Crippen LogP contribution >= 0.6 is 0 Å². The quantitative estimate of drug-likeness (QED) is 0.224. The smallest absolute Gasteiger partial charge is 0.171 e. The van der Waals surface area contributed by atoms with E-state index in [0.717, 1.165) is 33.3 Å². The Bertz CT molecular complexity index is 1450. The van der Waals surface area contributed by atoms with Gasteiger partial charge in [-0.25, -0.2) is 0 Å². The lowest BCUT2D eigenvalue weighted by atomic mass is 10.0. The Balaban J connectivity index is 1.48. The lowest BCUT2D eigenvalue weighted by molar-refractivity contribution is 0.288. The molecule has 0 amide bonds. The molecule has 5 aromatic rings. The maximum absolute atomic E-state index is 6.33. The minimum atomic E-state index is 0.435. The molecule has 0 spiro atoms. The standard InChI is InChI=1S/C31H27NO4/c1-33-28-16-14-24-17-18-32-26(30(24)31(28)35-21-22-9-5-3-6-10-22)19-23-13-15-27(29(20-23)34-2)36-25-11-7-4-8-12-25/h3-18,20H,19,21H2,1-2H3. The zero-order chi connectivity index (χ0) is 24.7. The molecule has 0 radical (unpaired) electrons. The van der Waals surface area contributed by atoms with E-state index < -0.39 is 0 Å². The van der Waals surface area contributed by atoms with Crippen LogP contribution in [0.5, 0.6) is 28.7 Å². The predicted octanol–water partition coefficient (Wildman–Crippen LogP) is 7.21. The Kier molecular flexibility index (Phi) is 6.99. The fraction of sp³-hybridized carbons (Fsp3) is 0.129. The Morgan fingerprint density at radius 1 is 0.667 bits per heavy atom. The highest BCUT2D eigenvalue weighted by atomic mass is 16.5. The molecule has 0 aliphatic heterocycles. The number of para-hydroxylation sites is 1. The van der Waals surface area contributed by atoms with Crippen molar-refractivity contribution >= 4 is 10.8 Å². The topological polar surface area (TPSA) is 49.8 Å². The van der Waals surface area contributed by atoms with Crippen LogP contribution in [0.15, 0.2) is 103 Å². The Labute approximate surface area is 210 Å². The number of pyridine rings is 1. The minimum Gasteiger partial charge on any atom is -0.493 e. The van der Waals surface area contributed by atoms with Crippen molar-refractivity contribution in [1.82, 2.24) is 4.98 Å². The van der Waals surface area contributed by atoms with E-state index in [1.54, 1.807) is 14.2 Å². The normalized spacial score (nSPS) is 10.7. The second kappa shape index (κ2) is 10.8. The number of hydrogen-bond donors (Lipinski definition) is 0. The molecule has 5 heteroatoms. The number of aromatic nitrogens is 1. The molecule has 180 valence electrons. The molecule has 0 aliphatic carbocycles. The molecule has 0 bridgehead atoms. The van der Waals surface area contributed by atoms with Crippen LogP contribution in [0.2, 0.25) is 0 Å². The molecule has 0 atom stereocenters. The van der Waals surface area contributed by atoms with Gasteiger partial charge in [-0.15, -0.1) is 0 Å². The minimum absolute atomic E-state index is 0.435. The zero-order valence-electron chi connectivity index (χ0n) is 20.3. The molecule has 0 fully saturated rings. The zero-order valence-corrected chi connectivity index (χ0v) is 20.3. The SMILES string of the molecule is COc1cc(Cc2nccc3ccc(OC)c(OCc4ccccc4)c23)ccc1Oc1ccccc1. The summed E-state index contributed by atoms with van der Waals surface area (Å²) in [5.74, 6) is 3.45. The number of benzene rings is 4. The molecule has 0 unspecified atom stereocenters. The van der Waals surface area contributed by atoms with Gasteiger partial charge in [0.05, 0.1) is 19.9 Å². The third-order valence-electron chi connectivity index (χ3n) is 5.94. The molecular weight excluding hydrogens is 450 g/mol. The van der Waals surface area contributed by atoms with E-state index in [2.05, 4.69) is 0 Å². The van der Waals surface area contributed by atoms with Crippen molar-refractivity contribution in [3.63, 3.8) is 0 Å². The van der Waals surface area contributed by atoms with E-state index in [9.17, 15) is 0 Å². The monoisotopic (exact) mass is 477 g/mol. The van der Waals surface area contributed by atoms with Crippen LogP contribution in [-0.2, 0) is 13.0 Å². The summed E-state index contributed by atoms with van der Waals surface area (Å²) in [4.78, 5) is 4.73. The van der Waals surface area contributed by atoms with Crippen molar-refractivity contribution in [1.29, 1.82) is 0 Å². The first-order valence-corrected chi connectivity index (χ1v) is 11.8. The van der Waals surface area contributed by atoms with Gasteiger partial charge in [-0.3, -0.25) is 4.98 Å². The lowest BCUT2D eigenvalue weighted by Gasteiger charge is -2.16. The third-order valence-corrected chi connectivity index (χ3v) is 5.94. The van der Waals surface area contributed by atoms with E-state index in [1.807, 2.05) is 103 Å². The van der Waals surface area contributed by atoms with Crippen molar-refractivity contribution < 1.29 is 18.9 Å². The third kappa shape index (κ3) is 5.10. The van der Waals surface area contributed by atoms with Crippen LogP contribution in [0.4, 0.5) is 0 Å². The summed E-state index contributed by atoms with van der Waals surface area (Å²) >= 11 is 0. The summed E-state index contributed by atoms with van der Waals surface area (Å²) in [6.07, 6.45) is 2.42. The van der Waals surface area contributed by atoms with Crippen LogP contribution < -0.4 is 18.9 Å². The molecule has 4 aromatic carbocycles. The molecular formula is C31H27NO4. The van der Waals surface area contributed by atoms with Gasteiger partial charge >= 0.3 is 0 Å². The summed E-state index contributed by atoms with van der Waals surface area (Å²) in [6, 6.07) is 31.7. The number of hydrogen-bond acceptors (Lipinski definition) is 5. The van der Waals surface area contributed by atoms with Crippen molar-refractivity contribution in [2.45, 2.75) is 13.0 Å². The van der Waals surface area contributed by atoms with Crippen molar-refractivity contribution in [2.24, 2.45) is 0 Å². The van der Waals surface area contributed by atoms with Crippen molar-refractivity contribution in [3.05, 3.63) is 120 Å². The summed E-state index contributed by atoms with van der Waals surface area (Å²) in [5.41, 5.74) is 3.03. The highest BCUT2D eigenvalue weighted by Crippen LogP contribution is 2.39. The maximum atomic E-state index is 6.33. The molecule has 1 heterocycles. The number of nitrogens with zero attached hydrogens (tertiary/aromatic N) is 1. The molecule has 5 rings (SSSR count). The fourth-order valence-electron chi connectivity index (χ4n) is 4.17. The van der Waals surface area contributed by atoms with Crippen molar-refractivity contribution in [3.8, 4) is 28.7 Å². The van der Waals surface area contributed by atoms with Gasteiger partial charge in [-0.1, -0.05) is 60.7 Å². The maximum Gasteiger partial charge on any atom is 0.171 e. The summed E-state index contributed by atoms with van der Waals surface area (Å²) in [5, 5.41) is 1.98. The number of rotatable bonds is 9. The van der Waals surface area contributed by atoms with Crippen LogP contribution in [0.3, 0.4) is 0 Å². The second-order valence-electron chi connectivity index (χ2n) is 8.30. The molecule has 0 saturated carbocycles. The molecule has 36 heavy (non-hydrogen) atoms. The van der Waals surface area contributed by atoms with Gasteiger partial charge in [-0.2, -0.15) is 0 Å². The highest BCUT2D eigenvalue weighted by molar-refractivity contribution is 5.92. The van der Waals surface area contributed by atoms with Gasteiger partial charge in [0.1, 0.15) is 12.4 Å². The average molecular weight is 478 g/mol. The highest BCUT2D eigenvalue weighted by Gasteiger charge is 2.16. The first-order valence-electron chi connectivity index (χ1n) is 11.8. The molecule has 0 aliphatic rings. The van der Waals surface area contributed by atoms with Gasteiger partial charge in [0, 0.05) is 18.0 Å². The number of fused-ring (bicyclic) bond motifs is 1. The number of methoxy groups -OCH3 is 2. The first kappa shape index (κ1) is 23.2. The Morgan fingerprint density at radius 3 is 2.14 bits per heavy atom. The Morgan fingerprint density at radius 2 is 1.39 bits per heavy atom. The predicted molar refractivity (Wildman–Crippen MR) is 141 cm³/mol. The van der Waals surface area contributed by atoms with Gasteiger partial charge < -0.3 is 18.9 Å². The van der Waals surface area contributed by atoms with Gasteiger partial charge in [0.15, 0.2) is 23.0 Å². The van der Waals surface area contributed by atoms with Crippen molar-refractivity contribution in [2.75, 3.05) is 14.2 Å². The second-order valence-corrected chi connectivity index (χ2v) is 8.30. The molecule has 5 nitrogen and oxygen atoms in total. The molecule has 0 saturated heterocycles. The lowest BCUT2D eigenvalue weighted by Crippen LogP contribution is -2.02. The molecule has 0 N–H and O–H groups in total. The number of ether oxygens (including phenoxy) is 4. The van der Waals surface area contributed by atoms with Crippen LogP contribution in [0, 0.1) is 0 Å². The van der Waals surface area contributed by atoms with E-state index in [4.69, 9.17) is 23.9 Å². The van der Waals surface area contributed by atoms with Gasteiger partial charge in [-0.05, 0) is 52.9 Å². The Hall–Kier alpha value is -4.51. The first-order chi connectivity index (χ1) is 17.7. The van der Waals surface area contributed by atoms with E-state index in [-0.39, 0.29) is 0 Å². The van der Waals surface area contributed by atoms with Gasteiger partial charge in [0.25, 0.3) is 0 Å². The largest absolute Gasteiger partial charge is 0.493 e. The van der Waals surface area contributed by atoms with Crippen LogP contribution in [0.1, 0.15) is 16.8 Å². The molecule has 1 aromatic heterocycles. The average Bonchev–Trinajstić information content (AvgIpc) is 2.93. The fourth-order valence-corrected chi connectivity index (χ4v) is 4.17. The summed E-state index contributed by atoms with van der Waals surface area (Å²) in [7, 11) is 3.30. The van der Waals surface area contributed by atoms with Gasteiger partial charge in [0.2, 0.25) is 0 Å². The van der Waals surface area contributed by atoms with E-state index in [0.29, 0.717) is 36.0 Å². The summed E-state index contributed by atoms with van der Waals surface area (Å²) < 4.78 is 23.7. The van der Waals surface area contributed by atoms with E-state index in [1.165, 1.54) is 0 Å². The van der Waals surface area contributed by atoms with Crippen LogP contribution in [0.25, 0.3) is 10.8 Å².